The third kappa shape index (κ3) is 5.67. The van der Waals surface area contributed by atoms with Crippen molar-refractivity contribution >= 4 is 6.03 Å². The quantitative estimate of drug-likeness (QED) is 0.636. The molecule has 1 aromatic heterocycles. The fourth-order valence-corrected chi connectivity index (χ4v) is 3.24. The Balaban J connectivity index is 1.60. The van der Waals surface area contributed by atoms with Crippen LogP contribution in [0.25, 0.3) is 0 Å². The monoisotopic (exact) mass is 394 g/mol. The molecule has 0 radical (unpaired) electrons. The van der Waals surface area contributed by atoms with E-state index in [0.29, 0.717) is 13.1 Å². The average Bonchev–Trinajstić information content (AvgIpc) is 3.14. The topological polar surface area (TPSA) is 50.2 Å². The maximum absolute atomic E-state index is 13.2. The van der Waals surface area contributed by atoms with Crippen molar-refractivity contribution < 1.29 is 9.18 Å². The zero-order valence-corrected chi connectivity index (χ0v) is 17.0. The first-order chi connectivity index (χ1) is 13.9. The first-order valence-electron chi connectivity index (χ1n) is 9.74. The molecule has 0 fully saturated rings. The number of amides is 2. The average molecular weight is 394 g/mol. The standard InChI is InChI=1S/C23H27FN4O/c1-17(2)22(20-9-11-21(24)12-10-20)26-23(29)27(3)14-19-13-25-28(16-19)15-18-7-5-4-6-8-18/h4-13,16-17,22H,14-15H2,1-3H3,(H,26,29)/t22-/m1/s1. The highest BCUT2D eigenvalue weighted by Gasteiger charge is 2.20. The van der Waals surface area contributed by atoms with Gasteiger partial charge in [-0.25, -0.2) is 9.18 Å². The second-order valence-electron chi connectivity index (χ2n) is 7.61. The molecule has 152 valence electrons. The van der Waals surface area contributed by atoms with Crippen LogP contribution in [-0.2, 0) is 13.1 Å². The van der Waals surface area contributed by atoms with Crippen molar-refractivity contribution in [3.63, 3.8) is 0 Å². The van der Waals surface area contributed by atoms with E-state index in [-0.39, 0.29) is 23.8 Å². The molecule has 1 atom stereocenters. The Labute approximate surface area is 171 Å². The van der Waals surface area contributed by atoms with E-state index in [1.807, 2.05) is 42.9 Å². The van der Waals surface area contributed by atoms with E-state index in [1.54, 1.807) is 30.3 Å². The molecule has 0 unspecified atom stereocenters. The first kappa shape index (κ1) is 20.6. The van der Waals surface area contributed by atoms with Gasteiger partial charge in [-0.1, -0.05) is 56.3 Å². The predicted molar refractivity (Wildman–Crippen MR) is 112 cm³/mol. The Morgan fingerprint density at radius 2 is 1.79 bits per heavy atom. The molecule has 5 nitrogen and oxygen atoms in total. The van der Waals surface area contributed by atoms with Crippen LogP contribution in [0.5, 0.6) is 0 Å². The highest BCUT2D eigenvalue weighted by Crippen LogP contribution is 2.22. The Morgan fingerprint density at radius 1 is 1.10 bits per heavy atom. The molecule has 0 spiro atoms. The Hall–Kier alpha value is -3.15. The van der Waals surface area contributed by atoms with Gasteiger partial charge in [-0.3, -0.25) is 4.68 Å². The summed E-state index contributed by atoms with van der Waals surface area (Å²) in [5, 5.41) is 7.45. The van der Waals surface area contributed by atoms with E-state index in [9.17, 15) is 9.18 Å². The van der Waals surface area contributed by atoms with Crippen molar-refractivity contribution in [1.29, 1.82) is 0 Å². The molecule has 0 saturated carbocycles. The fraction of sp³-hybridized carbons (Fsp3) is 0.304. The number of nitrogens with zero attached hydrogens (tertiary/aromatic N) is 3. The summed E-state index contributed by atoms with van der Waals surface area (Å²) in [5.74, 6) is -0.112. The van der Waals surface area contributed by atoms with Crippen LogP contribution in [0.2, 0.25) is 0 Å². The van der Waals surface area contributed by atoms with Gasteiger partial charge < -0.3 is 10.2 Å². The van der Waals surface area contributed by atoms with Crippen LogP contribution in [0, 0.1) is 11.7 Å². The van der Waals surface area contributed by atoms with Gasteiger partial charge in [-0.05, 0) is 29.2 Å². The smallest absolute Gasteiger partial charge is 0.317 e. The molecule has 3 rings (SSSR count). The number of aromatic nitrogens is 2. The SMILES string of the molecule is CC(C)[C@@H](NC(=O)N(C)Cc1cnn(Cc2ccccc2)c1)c1ccc(F)cc1. The minimum absolute atomic E-state index is 0.173. The van der Waals surface area contributed by atoms with Gasteiger partial charge in [0, 0.05) is 18.8 Å². The highest BCUT2D eigenvalue weighted by molar-refractivity contribution is 5.74. The summed E-state index contributed by atoms with van der Waals surface area (Å²) in [6, 6.07) is 16.0. The third-order valence-corrected chi connectivity index (χ3v) is 4.82. The summed E-state index contributed by atoms with van der Waals surface area (Å²) < 4.78 is 15.1. The number of carbonyl (C=O) groups excluding carboxylic acids is 1. The van der Waals surface area contributed by atoms with Crippen LogP contribution < -0.4 is 5.32 Å². The molecule has 1 heterocycles. The Bertz CT molecular complexity index is 922. The first-order valence-corrected chi connectivity index (χ1v) is 9.74. The third-order valence-electron chi connectivity index (χ3n) is 4.82. The summed E-state index contributed by atoms with van der Waals surface area (Å²) in [6.45, 7) is 5.20. The minimum atomic E-state index is -0.285. The Kier molecular flexibility index (Phi) is 6.65. The van der Waals surface area contributed by atoms with Gasteiger partial charge in [0.15, 0.2) is 0 Å². The second-order valence-corrected chi connectivity index (χ2v) is 7.61. The van der Waals surface area contributed by atoms with Gasteiger partial charge in [0.25, 0.3) is 0 Å². The van der Waals surface area contributed by atoms with Crippen molar-refractivity contribution in [2.75, 3.05) is 7.05 Å². The van der Waals surface area contributed by atoms with E-state index in [1.165, 1.54) is 17.7 Å². The lowest BCUT2D eigenvalue weighted by Gasteiger charge is -2.26. The molecule has 0 aliphatic rings. The number of nitrogens with one attached hydrogen (secondary N) is 1. The molecule has 2 amide bonds. The van der Waals surface area contributed by atoms with Crippen LogP contribution in [-0.4, -0.2) is 27.8 Å². The number of urea groups is 1. The molecule has 0 bridgehead atoms. The summed E-state index contributed by atoms with van der Waals surface area (Å²) in [5.41, 5.74) is 3.02. The van der Waals surface area contributed by atoms with Gasteiger partial charge in [0.05, 0.1) is 25.3 Å². The molecular formula is C23H27FN4O. The van der Waals surface area contributed by atoms with E-state index < -0.39 is 0 Å². The van der Waals surface area contributed by atoms with Gasteiger partial charge in [-0.2, -0.15) is 5.10 Å². The Morgan fingerprint density at radius 3 is 2.45 bits per heavy atom. The van der Waals surface area contributed by atoms with Crippen molar-refractivity contribution in [2.45, 2.75) is 33.0 Å². The van der Waals surface area contributed by atoms with E-state index >= 15 is 0 Å². The lowest BCUT2D eigenvalue weighted by Crippen LogP contribution is -2.40. The summed E-state index contributed by atoms with van der Waals surface area (Å²) >= 11 is 0. The van der Waals surface area contributed by atoms with Crippen molar-refractivity contribution in [2.24, 2.45) is 5.92 Å². The molecule has 6 heteroatoms. The van der Waals surface area contributed by atoms with E-state index in [0.717, 1.165) is 11.1 Å². The predicted octanol–water partition coefficient (Wildman–Crippen LogP) is 4.61. The lowest BCUT2D eigenvalue weighted by molar-refractivity contribution is 0.199. The molecule has 29 heavy (non-hydrogen) atoms. The minimum Gasteiger partial charge on any atom is -0.331 e. The summed E-state index contributed by atoms with van der Waals surface area (Å²) in [6.07, 6.45) is 3.74. The van der Waals surface area contributed by atoms with E-state index in [2.05, 4.69) is 22.5 Å². The number of hydrogen-bond donors (Lipinski definition) is 1. The van der Waals surface area contributed by atoms with Crippen molar-refractivity contribution in [1.82, 2.24) is 20.0 Å². The molecule has 1 N–H and O–H groups in total. The summed E-state index contributed by atoms with van der Waals surface area (Å²) in [4.78, 5) is 14.3. The van der Waals surface area contributed by atoms with Crippen LogP contribution in [0.15, 0.2) is 67.0 Å². The lowest BCUT2D eigenvalue weighted by atomic mass is 9.96. The van der Waals surface area contributed by atoms with Gasteiger partial charge in [0.2, 0.25) is 0 Å². The van der Waals surface area contributed by atoms with E-state index in [4.69, 9.17) is 0 Å². The number of rotatable bonds is 7. The van der Waals surface area contributed by atoms with Gasteiger partial charge in [-0.15, -0.1) is 0 Å². The van der Waals surface area contributed by atoms with Crippen LogP contribution in [0.3, 0.4) is 0 Å². The van der Waals surface area contributed by atoms with Gasteiger partial charge >= 0.3 is 6.03 Å². The molecule has 0 saturated heterocycles. The van der Waals surface area contributed by atoms with Crippen LogP contribution in [0.1, 0.15) is 36.6 Å². The van der Waals surface area contributed by atoms with Gasteiger partial charge in [0.1, 0.15) is 5.82 Å². The molecule has 2 aromatic carbocycles. The van der Waals surface area contributed by atoms with Crippen molar-refractivity contribution in [3.8, 4) is 0 Å². The maximum Gasteiger partial charge on any atom is 0.317 e. The molecule has 3 aromatic rings. The normalized spacial score (nSPS) is 12.0. The largest absolute Gasteiger partial charge is 0.331 e. The number of hydrogen-bond acceptors (Lipinski definition) is 2. The fourth-order valence-electron chi connectivity index (χ4n) is 3.24. The molecule has 0 aliphatic heterocycles. The highest BCUT2D eigenvalue weighted by atomic mass is 19.1. The second kappa shape index (κ2) is 9.37. The number of carbonyl (C=O) groups is 1. The molecule has 0 aliphatic carbocycles. The van der Waals surface area contributed by atoms with Crippen molar-refractivity contribution in [3.05, 3.63) is 89.5 Å². The zero-order valence-electron chi connectivity index (χ0n) is 17.0. The number of halogens is 1. The number of benzene rings is 2. The van der Waals surface area contributed by atoms with Crippen LogP contribution >= 0.6 is 0 Å². The zero-order chi connectivity index (χ0) is 20.8. The maximum atomic E-state index is 13.2. The molecular weight excluding hydrogens is 367 g/mol. The summed E-state index contributed by atoms with van der Waals surface area (Å²) in [7, 11) is 1.76. The van der Waals surface area contributed by atoms with Crippen LogP contribution in [0.4, 0.5) is 9.18 Å².